The molecule has 2 rings (SSSR count). The molecule has 0 aliphatic rings. The number of halogens is 2. The number of hydrogen-bond acceptors (Lipinski definition) is 7. The molecule has 0 aliphatic heterocycles. The van der Waals surface area contributed by atoms with E-state index in [-0.39, 0.29) is 21.7 Å². The summed E-state index contributed by atoms with van der Waals surface area (Å²) in [7, 11) is 0. The second-order valence-electron chi connectivity index (χ2n) is 4.44. The van der Waals surface area contributed by atoms with Gasteiger partial charge >= 0.3 is 5.97 Å². The Hall–Kier alpha value is -1.71. The van der Waals surface area contributed by atoms with Gasteiger partial charge in [-0.05, 0) is 26.0 Å². The number of thioether (sulfide) groups is 1. The third-order valence-corrected chi connectivity index (χ3v) is 5.03. The van der Waals surface area contributed by atoms with Crippen molar-refractivity contribution in [1.82, 2.24) is 10.2 Å². The van der Waals surface area contributed by atoms with Gasteiger partial charge in [0.15, 0.2) is 4.34 Å². The van der Waals surface area contributed by atoms with Gasteiger partial charge in [-0.15, -0.1) is 10.2 Å². The van der Waals surface area contributed by atoms with Crippen LogP contribution in [0.2, 0.25) is 5.02 Å². The molecule has 1 atom stereocenters. The summed E-state index contributed by atoms with van der Waals surface area (Å²) in [6.07, 6.45) is 0. The Kier molecular flexibility index (Phi) is 6.52. The van der Waals surface area contributed by atoms with Crippen LogP contribution in [0.5, 0.6) is 0 Å². The monoisotopic (exact) mass is 389 g/mol. The topological polar surface area (TPSA) is 81.2 Å². The summed E-state index contributed by atoms with van der Waals surface area (Å²) in [4.78, 5) is 23.7. The zero-order chi connectivity index (χ0) is 17.7. The van der Waals surface area contributed by atoms with Crippen molar-refractivity contribution in [2.45, 2.75) is 23.4 Å². The summed E-state index contributed by atoms with van der Waals surface area (Å²) >= 11 is 8.07. The predicted molar refractivity (Wildman–Crippen MR) is 91.2 cm³/mol. The van der Waals surface area contributed by atoms with Crippen molar-refractivity contribution in [3.8, 4) is 0 Å². The van der Waals surface area contributed by atoms with E-state index in [9.17, 15) is 14.0 Å². The first-order valence-electron chi connectivity index (χ1n) is 6.84. The molecular weight excluding hydrogens is 377 g/mol. The van der Waals surface area contributed by atoms with Gasteiger partial charge < -0.3 is 4.74 Å². The van der Waals surface area contributed by atoms with Gasteiger partial charge in [-0.25, -0.2) is 4.39 Å². The van der Waals surface area contributed by atoms with E-state index in [2.05, 4.69) is 15.5 Å². The maximum absolute atomic E-state index is 13.7. The van der Waals surface area contributed by atoms with Gasteiger partial charge in [0, 0.05) is 0 Å². The molecule has 1 unspecified atom stereocenters. The Morgan fingerprint density at radius 1 is 1.46 bits per heavy atom. The van der Waals surface area contributed by atoms with Crippen molar-refractivity contribution in [3.63, 3.8) is 0 Å². The molecule has 0 aliphatic carbocycles. The molecule has 10 heteroatoms. The molecule has 128 valence electrons. The minimum atomic E-state index is -0.727. The van der Waals surface area contributed by atoms with Crippen LogP contribution in [0.15, 0.2) is 22.5 Å². The smallest absolute Gasteiger partial charge is 0.319 e. The number of carbonyl (C=O) groups is 2. The molecule has 2 aromatic rings. The first-order valence-corrected chi connectivity index (χ1v) is 8.92. The molecule has 0 bridgehead atoms. The summed E-state index contributed by atoms with van der Waals surface area (Å²) in [6.45, 7) is 3.70. The maximum Gasteiger partial charge on any atom is 0.319 e. The molecule has 0 fully saturated rings. The van der Waals surface area contributed by atoms with Crippen molar-refractivity contribution >= 4 is 51.7 Å². The highest BCUT2D eigenvalue weighted by Gasteiger charge is 2.20. The van der Waals surface area contributed by atoms with Crippen LogP contribution in [0.3, 0.4) is 0 Å². The third kappa shape index (κ3) is 4.65. The van der Waals surface area contributed by atoms with Crippen molar-refractivity contribution < 1.29 is 18.7 Å². The van der Waals surface area contributed by atoms with Crippen LogP contribution in [-0.4, -0.2) is 33.9 Å². The highest BCUT2D eigenvalue weighted by Crippen LogP contribution is 2.30. The van der Waals surface area contributed by atoms with E-state index < -0.39 is 17.0 Å². The molecule has 1 aromatic heterocycles. The fourth-order valence-electron chi connectivity index (χ4n) is 1.64. The lowest BCUT2D eigenvalue weighted by Crippen LogP contribution is -2.16. The van der Waals surface area contributed by atoms with Gasteiger partial charge in [0.25, 0.3) is 5.91 Å². The van der Waals surface area contributed by atoms with E-state index in [4.69, 9.17) is 16.3 Å². The van der Waals surface area contributed by atoms with Crippen molar-refractivity contribution in [2.24, 2.45) is 0 Å². The lowest BCUT2D eigenvalue weighted by atomic mass is 10.2. The molecule has 0 spiro atoms. The second-order valence-corrected chi connectivity index (χ2v) is 7.41. The molecule has 24 heavy (non-hydrogen) atoms. The summed E-state index contributed by atoms with van der Waals surface area (Å²) < 4.78 is 19.1. The minimum absolute atomic E-state index is 0.00236. The first-order chi connectivity index (χ1) is 11.4. The number of esters is 1. The lowest BCUT2D eigenvalue weighted by Gasteiger charge is -2.07. The third-order valence-electron chi connectivity index (χ3n) is 2.71. The van der Waals surface area contributed by atoms with Crippen molar-refractivity contribution in [3.05, 3.63) is 34.6 Å². The summed E-state index contributed by atoms with van der Waals surface area (Å²) in [5.41, 5.74) is -0.261. The first kappa shape index (κ1) is 18.6. The fraction of sp³-hybridized carbons (Fsp3) is 0.286. The molecule has 0 saturated heterocycles. The van der Waals surface area contributed by atoms with Crippen LogP contribution in [0.4, 0.5) is 9.52 Å². The zero-order valence-electron chi connectivity index (χ0n) is 12.7. The highest BCUT2D eigenvalue weighted by atomic mass is 35.5. The molecule has 6 nitrogen and oxygen atoms in total. The fourth-order valence-corrected chi connectivity index (χ4v) is 3.78. The Labute approximate surface area is 150 Å². The molecular formula is C14H13ClFN3O3S2. The SMILES string of the molecule is CCOC(=O)C(C)Sc1nnc(NC(=O)c2c(F)cccc2Cl)s1. The van der Waals surface area contributed by atoms with Crippen molar-refractivity contribution in [1.29, 1.82) is 0 Å². The molecule has 1 aromatic carbocycles. The normalized spacial score (nSPS) is 11.8. The number of hydrogen-bond donors (Lipinski definition) is 1. The lowest BCUT2D eigenvalue weighted by molar-refractivity contribution is -0.142. The Balaban J connectivity index is 2.03. The summed E-state index contributed by atoms with van der Waals surface area (Å²) in [6, 6.07) is 3.97. The number of benzene rings is 1. The minimum Gasteiger partial charge on any atom is -0.465 e. The van der Waals surface area contributed by atoms with Gasteiger partial charge in [0.05, 0.1) is 17.2 Å². The quantitative estimate of drug-likeness (QED) is 0.461. The average Bonchev–Trinajstić information content (AvgIpc) is 2.94. The van der Waals surface area contributed by atoms with Gasteiger partial charge in [-0.2, -0.15) is 0 Å². The van der Waals surface area contributed by atoms with Gasteiger partial charge in [0.2, 0.25) is 5.13 Å². The maximum atomic E-state index is 13.7. The van der Waals surface area contributed by atoms with Crippen LogP contribution in [0.1, 0.15) is 24.2 Å². The molecule has 1 amide bonds. The predicted octanol–water partition coefficient (Wildman–Crippen LogP) is 3.63. The standard InChI is InChI=1S/C14H13ClFN3O3S2/c1-3-22-12(21)7(2)23-14-19-18-13(24-14)17-11(20)10-8(15)5-4-6-9(10)16/h4-7H,3H2,1-2H3,(H,17,18,20). The second kappa shape index (κ2) is 8.41. The van der Waals surface area contributed by atoms with E-state index in [1.165, 1.54) is 12.1 Å². The zero-order valence-corrected chi connectivity index (χ0v) is 15.1. The van der Waals surface area contributed by atoms with E-state index in [1.807, 2.05) is 0 Å². The highest BCUT2D eigenvalue weighted by molar-refractivity contribution is 8.02. The number of rotatable bonds is 6. The largest absolute Gasteiger partial charge is 0.465 e. The van der Waals surface area contributed by atoms with E-state index in [1.54, 1.807) is 13.8 Å². The molecule has 0 radical (unpaired) electrons. The van der Waals surface area contributed by atoms with E-state index >= 15 is 0 Å². The summed E-state index contributed by atoms with van der Waals surface area (Å²) in [5, 5.41) is 9.83. The average molecular weight is 390 g/mol. The van der Waals surface area contributed by atoms with Crippen LogP contribution in [0.25, 0.3) is 0 Å². The molecule has 1 N–H and O–H groups in total. The molecule has 1 heterocycles. The number of amides is 1. The van der Waals surface area contributed by atoms with Gasteiger partial charge in [-0.3, -0.25) is 14.9 Å². The van der Waals surface area contributed by atoms with E-state index in [0.717, 1.165) is 29.2 Å². The number of ether oxygens (including phenoxy) is 1. The van der Waals surface area contributed by atoms with Crippen LogP contribution < -0.4 is 5.32 Å². The van der Waals surface area contributed by atoms with E-state index in [0.29, 0.717) is 10.9 Å². The van der Waals surface area contributed by atoms with Crippen molar-refractivity contribution in [2.75, 3.05) is 11.9 Å². The number of carbonyl (C=O) groups excluding carboxylic acids is 2. The Morgan fingerprint density at radius 3 is 2.88 bits per heavy atom. The number of anilines is 1. The summed E-state index contributed by atoms with van der Waals surface area (Å²) in [5.74, 6) is -1.80. The molecule has 0 saturated carbocycles. The number of nitrogens with zero attached hydrogens (tertiary/aromatic N) is 2. The van der Waals surface area contributed by atoms with Gasteiger partial charge in [0.1, 0.15) is 11.1 Å². The number of nitrogens with one attached hydrogen (secondary N) is 1. The van der Waals surface area contributed by atoms with Crippen LogP contribution in [-0.2, 0) is 9.53 Å². The van der Waals surface area contributed by atoms with Crippen LogP contribution in [0, 0.1) is 5.82 Å². The number of aromatic nitrogens is 2. The van der Waals surface area contributed by atoms with Gasteiger partial charge in [-0.1, -0.05) is 40.8 Å². The Morgan fingerprint density at radius 2 is 2.21 bits per heavy atom. The Bertz CT molecular complexity index is 736. The van der Waals surface area contributed by atoms with Crippen LogP contribution >= 0.6 is 34.7 Å².